The van der Waals surface area contributed by atoms with E-state index in [0.717, 1.165) is 36.6 Å². The minimum atomic E-state index is -2.59. The fraction of sp³-hybridized carbons (Fsp3) is 0.727. The Bertz CT molecular complexity index is 507. The summed E-state index contributed by atoms with van der Waals surface area (Å²) in [6.45, 7) is 1.58. The monoisotopic (exact) mass is 338 g/mol. The zero-order valence-electron chi connectivity index (χ0n) is 11.3. The van der Waals surface area contributed by atoms with Crippen LogP contribution in [0.2, 0.25) is 0 Å². The molecule has 1 aromatic rings. The number of hydrogen-bond donors (Lipinski definition) is 2. The van der Waals surface area contributed by atoms with Gasteiger partial charge in [0.1, 0.15) is 5.69 Å². The third-order valence-electron chi connectivity index (χ3n) is 3.57. The van der Waals surface area contributed by atoms with E-state index in [9.17, 15) is 13.2 Å². The summed E-state index contributed by atoms with van der Waals surface area (Å²) in [6, 6.07) is 0.0346. The number of halogens is 2. The second-order valence-corrected chi connectivity index (χ2v) is 5.98. The first kappa shape index (κ1) is 16.6. The molecule has 1 saturated heterocycles. The molecule has 1 saturated carbocycles. The van der Waals surface area contributed by atoms with Crippen molar-refractivity contribution < 1.29 is 13.2 Å². The van der Waals surface area contributed by atoms with Gasteiger partial charge in [-0.25, -0.2) is 14.5 Å². The highest BCUT2D eigenvalue weighted by molar-refractivity contribution is 7.80. The summed E-state index contributed by atoms with van der Waals surface area (Å²) in [4.78, 5) is 0. The fourth-order valence-corrected chi connectivity index (χ4v) is 2.89. The molecule has 21 heavy (non-hydrogen) atoms. The number of rotatable bonds is 5. The van der Waals surface area contributed by atoms with Crippen LogP contribution in [0.5, 0.6) is 0 Å². The quantitative estimate of drug-likeness (QED) is 0.608. The van der Waals surface area contributed by atoms with E-state index in [-0.39, 0.29) is 30.2 Å². The van der Waals surface area contributed by atoms with E-state index in [1.54, 1.807) is 0 Å². The number of aromatic nitrogens is 2. The Hall–Kier alpha value is -0.740. The smallest absolute Gasteiger partial charge is 0.237 e. The fourth-order valence-electron chi connectivity index (χ4n) is 2.37. The third-order valence-corrected chi connectivity index (χ3v) is 4.17. The molecule has 1 aliphatic heterocycles. The second-order valence-electron chi connectivity index (χ2n) is 5.18. The molecule has 2 N–H and O–H groups in total. The van der Waals surface area contributed by atoms with Crippen molar-refractivity contribution >= 4 is 29.4 Å². The van der Waals surface area contributed by atoms with Crippen molar-refractivity contribution in [2.24, 2.45) is 0 Å². The molecule has 120 valence electrons. The largest absolute Gasteiger partial charge is 0.754 e. The first-order valence-corrected chi connectivity index (χ1v) is 7.79. The third kappa shape index (κ3) is 3.72. The van der Waals surface area contributed by atoms with Crippen LogP contribution in [-0.4, -0.2) is 37.7 Å². The van der Waals surface area contributed by atoms with Gasteiger partial charge in [-0.05, 0) is 32.2 Å². The molecule has 1 aliphatic carbocycles. The normalized spacial score (nSPS) is 23.4. The molecule has 2 heterocycles. The standard InChI is InChI=1S/C11H18FN5O2S.ClH/c12-11-10(7-14-16(11)9-3-4-9)17(20(18)19)15-8-2-1-5-13-6-8;/h7-9,13,15H,1-6H2,(H,18,19);1H/p-1. The molecule has 0 amide bonds. The van der Waals surface area contributed by atoms with Gasteiger partial charge in [-0.3, -0.25) is 4.21 Å². The van der Waals surface area contributed by atoms with Crippen LogP contribution in [0.15, 0.2) is 6.20 Å². The number of hydrogen-bond acceptors (Lipinski definition) is 5. The Morgan fingerprint density at radius 1 is 1.52 bits per heavy atom. The van der Waals surface area contributed by atoms with Gasteiger partial charge >= 0.3 is 0 Å². The van der Waals surface area contributed by atoms with Crippen molar-refractivity contribution in [2.75, 3.05) is 17.5 Å². The molecule has 0 radical (unpaired) electrons. The lowest BCUT2D eigenvalue weighted by Crippen LogP contribution is -2.52. The van der Waals surface area contributed by atoms with E-state index >= 15 is 0 Å². The molecule has 10 heteroatoms. The van der Waals surface area contributed by atoms with Crippen molar-refractivity contribution in [3.63, 3.8) is 0 Å². The van der Waals surface area contributed by atoms with Crippen molar-refractivity contribution in [3.8, 4) is 0 Å². The molecule has 0 aromatic carbocycles. The molecule has 2 fully saturated rings. The number of anilines is 1. The van der Waals surface area contributed by atoms with Gasteiger partial charge in [0.15, 0.2) is 0 Å². The summed E-state index contributed by atoms with van der Waals surface area (Å²) >= 11 is -2.59. The first-order chi connectivity index (χ1) is 9.66. The van der Waals surface area contributed by atoms with Crippen LogP contribution in [0.1, 0.15) is 31.7 Å². The topological polar surface area (TPSA) is 85.2 Å². The van der Waals surface area contributed by atoms with Crippen LogP contribution in [0.3, 0.4) is 0 Å². The van der Waals surface area contributed by atoms with Crippen LogP contribution in [-0.2, 0) is 11.3 Å². The van der Waals surface area contributed by atoms with Crippen LogP contribution in [0.4, 0.5) is 10.1 Å². The predicted octanol–water partition coefficient (Wildman–Crippen LogP) is 0.636. The van der Waals surface area contributed by atoms with E-state index in [4.69, 9.17) is 0 Å². The minimum Gasteiger partial charge on any atom is -0.754 e. The summed E-state index contributed by atoms with van der Waals surface area (Å²) < 4.78 is 39.0. The van der Waals surface area contributed by atoms with Crippen LogP contribution < -0.4 is 15.2 Å². The van der Waals surface area contributed by atoms with Gasteiger partial charge in [0.05, 0.1) is 23.5 Å². The average Bonchev–Trinajstić information content (AvgIpc) is 3.21. The number of piperidine rings is 1. The maximum absolute atomic E-state index is 14.2. The molecule has 0 spiro atoms. The molecular weight excluding hydrogens is 321 g/mol. The first-order valence-electron chi connectivity index (χ1n) is 6.76. The van der Waals surface area contributed by atoms with Crippen molar-refractivity contribution in [2.45, 2.75) is 37.8 Å². The van der Waals surface area contributed by atoms with Gasteiger partial charge in [0.2, 0.25) is 5.95 Å². The molecule has 3 rings (SSSR count). The lowest BCUT2D eigenvalue weighted by molar-refractivity contribution is 0.389. The van der Waals surface area contributed by atoms with Crippen molar-refractivity contribution in [3.05, 3.63) is 12.1 Å². The highest BCUT2D eigenvalue weighted by Crippen LogP contribution is 2.36. The number of nitrogens with one attached hydrogen (secondary N) is 2. The van der Waals surface area contributed by atoms with E-state index in [0.29, 0.717) is 6.54 Å². The van der Waals surface area contributed by atoms with E-state index in [2.05, 4.69) is 15.8 Å². The summed E-state index contributed by atoms with van der Waals surface area (Å²) in [5, 5.41) is 7.12. The lowest BCUT2D eigenvalue weighted by atomic mass is 10.1. The summed E-state index contributed by atoms with van der Waals surface area (Å²) in [5.41, 5.74) is 2.80. The van der Waals surface area contributed by atoms with E-state index in [1.807, 2.05) is 0 Å². The Labute approximate surface area is 131 Å². The number of nitrogens with zero attached hydrogens (tertiary/aromatic N) is 3. The summed E-state index contributed by atoms with van der Waals surface area (Å²) in [6.07, 6.45) is 4.84. The van der Waals surface area contributed by atoms with Gasteiger partial charge in [0.25, 0.3) is 0 Å². The maximum Gasteiger partial charge on any atom is 0.237 e. The average molecular weight is 339 g/mol. The predicted molar refractivity (Wildman–Crippen MR) is 78.1 cm³/mol. The minimum absolute atomic E-state index is 0. The van der Waals surface area contributed by atoms with Crippen molar-refractivity contribution in [1.29, 1.82) is 0 Å². The van der Waals surface area contributed by atoms with E-state index in [1.165, 1.54) is 10.9 Å². The zero-order valence-corrected chi connectivity index (χ0v) is 13.0. The lowest BCUT2D eigenvalue weighted by Gasteiger charge is -2.32. The molecule has 2 unspecified atom stereocenters. The highest BCUT2D eigenvalue weighted by atomic mass is 35.5. The molecule has 0 bridgehead atoms. The maximum atomic E-state index is 14.2. The molecular formula is C11H18ClFN5O2S-. The van der Waals surface area contributed by atoms with Crippen molar-refractivity contribution in [1.82, 2.24) is 20.5 Å². The van der Waals surface area contributed by atoms with Crippen LogP contribution in [0.25, 0.3) is 0 Å². The SMILES string of the molecule is Cl.O=S([O-])N(NC1CCCNC1)c1cnn(C2CC2)c1F. The Morgan fingerprint density at radius 3 is 2.86 bits per heavy atom. The number of hydrazine groups is 1. The Kier molecular flexibility index (Phi) is 5.55. The van der Waals surface area contributed by atoms with Gasteiger partial charge in [-0.1, -0.05) is 0 Å². The molecule has 2 atom stereocenters. The Balaban J connectivity index is 0.00000161. The summed E-state index contributed by atoms with van der Waals surface area (Å²) in [7, 11) is 0. The zero-order chi connectivity index (χ0) is 14.1. The van der Waals surface area contributed by atoms with Gasteiger partial charge in [0, 0.05) is 12.6 Å². The van der Waals surface area contributed by atoms with E-state index < -0.39 is 17.2 Å². The van der Waals surface area contributed by atoms with Gasteiger partial charge < -0.3 is 9.87 Å². The van der Waals surface area contributed by atoms with Gasteiger partial charge in [-0.2, -0.15) is 9.49 Å². The highest BCUT2D eigenvalue weighted by Gasteiger charge is 2.30. The second kappa shape index (κ2) is 7.01. The molecule has 2 aliphatic rings. The Morgan fingerprint density at radius 2 is 2.29 bits per heavy atom. The van der Waals surface area contributed by atoms with Gasteiger partial charge in [-0.15, -0.1) is 12.4 Å². The van der Waals surface area contributed by atoms with Crippen LogP contribution in [0, 0.1) is 5.95 Å². The molecule has 7 nitrogen and oxygen atoms in total. The molecule has 1 aromatic heterocycles. The van der Waals surface area contributed by atoms with Crippen LogP contribution >= 0.6 is 12.4 Å². The summed E-state index contributed by atoms with van der Waals surface area (Å²) in [5.74, 6) is -0.604.